The van der Waals surface area contributed by atoms with Gasteiger partial charge in [-0.1, -0.05) is 6.07 Å². The van der Waals surface area contributed by atoms with E-state index in [0.29, 0.717) is 11.1 Å². The van der Waals surface area contributed by atoms with E-state index in [1.165, 1.54) is 26.2 Å². The van der Waals surface area contributed by atoms with E-state index in [-0.39, 0.29) is 18.8 Å². The van der Waals surface area contributed by atoms with Crippen molar-refractivity contribution >= 4 is 18.0 Å². The van der Waals surface area contributed by atoms with Crippen LogP contribution >= 0.6 is 0 Å². The van der Waals surface area contributed by atoms with Gasteiger partial charge in [0.2, 0.25) is 0 Å². The Kier molecular flexibility index (Phi) is 7.42. The second-order valence-corrected chi connectivity index (χ2v) is 6.66. The molecule has 0 radical (unpaired) electrons. The number of nitrogens with one attached hydrogen (secondary N) is 1. The molecule has 0 aliphatic rings. The van der Waals surface area contributed by atoms with Crippen LogP contribution in [-0.2, 0) is 36.8 Å². The molecule has 26 heavy (non-hydrogen) atoms. The highest BCUT2D eigenvalue weighted by atomic mass is 16.6. The summed E-state index contributed by atoms with van der Waals surface area (Å²) in [5, 5.41) is 12.1. The number of phenols is 1. The van der Waals surface area contributed by atoms with Crippen LogP contribution in [0.4, 0.5) is 4.79 Å². The number of phenolic OH excluding ortho intramolecular Hbond substituents is 1. The Morgan fingerprint density at radius 2 is 1.85 bits per heavy atom. The van der Waals surface area contributed by atoms with E-state index in [4.69, 9.17) is 14.2 Å². The summed E-state index contributed by atoms with van der Waals surface area (Å²) < 4.78 is 14.9. The van der Waals surface area contributed by atoms with Crippen LogP contribution < -0.4 is 5.32 Å². The topological polar surface area (TPSA) is 111 Å². The van der Waals surface area contributed by atoms with Gasteiger partial charge in [-0.3, -0.25) is 4.79 Å². The molecular weight excluding hydrogens is 342 g/mol. The fourth-order valence-electron chi connectivity index (χ4n) is 2.13. The van der Waals surface area contributed by atoms with Crippen LogP contribution in [0.1, 0.15) is 38.8 Å². The summed E-state index contributed by atoms with van der Waals surface area (Å²) in [5.74, 6) is -1.14. The second-order valence-electron chi connectivity index (χ2n) is 6.66. The third-order valence-electron chi connectivity index (χ3n) is 3.22. The highest BCUT2D eigenvalue weighted by Gasteiger charge is 2.26. The predicted molar refractivity (Wildman–Crippen MR) is 92.5 cm³/mol. The maximum Gasteiger partial charge on any atom is 0.408 e. The monoisotopic (exact) mass is 367 g/mol. The summed E-state index contributed by atoms with van der Waals surface area (Å²) in [6.07, 6.45) is -0.684. The molecule has 1 amide bonds. The minimum atomic E-state index is -1.00. The van der Waals surface area contributed by atoms with Gasteiger partial charge in [0.15, 0.2) is 0 Å². The average Bonchev–Trinajstić information content (AvgIpc) is 2.51. The number of alkyl carbamates (subject to hydrolysis) is 1. The fourth-order valence-corrected chi connectivity index (χ4v) is 2.13. The molecular formula is C18H25NO7. The molecule has 0 aromatic heterocycles. The van der Waals surface area contributed by atoms with Crippen LogP contribution in [0.25, 0.3) is 0 Å². The molecule has 0 spiro atoms. The van der Waals surface area contributed by atoms with E-state index < -0.39 is 29.7 Å². The Bertz CT molecular complexity index is 664. The van der Waals surface area contributed by atoms with Crippen molar-refractivity contribution in [2.45, 2.75) is 52.4 Å². The molecule has 1 rings (SSSR count). The Labute approximate surface area is 152 Å². The number of benzene rings is 1. The maximum absolute atomic E-state index is 12.0. The Morgan fingerprint density at radius 1 is 1.19 bits per heavy atom. The molecule has 1 aromatic rings. The molecule has 0 aliphatic carbocycles. The first-order chi connectivity index (χ1) is 12.0. The van der Waals surface area contributed by atoms with Crippen molar-refractivity contribution in [2.75, 3.05) is 7.11 Å². The highest BCUT2D eigenvalue weighted by molar-refractivity contribution is 5.81. The summed E-state index contributed by atoms with van der Waals surface area (Å²) in [6.45, 7) is 6.31. The number of carbonyl (C=O) groups excluding carboxylic acids is 3. The number of carbonyl (C=O) groups is 3. The van der Waals surface area contributed by atoms with Crippen molar-refractivity contribution in [2.24, 2.45) is 0 Å². The van der Waals surface area contributed by atoms with Crippen LogP contribution in [0, 0.1) is 0 Å². The summed E-state index contributed by atoms with van der Waals surface area (Å²) in [7, 11) is 1.21. The number of ether oxygens (including phenoxy) is 3. The predicted octanol–water partition coefficient (Wildman–Crippen LogP) is 2.06. The van der Waals surface area contributed by atoms with Gasteiger partial charge < -0.3 is 24.6 Å². The number of rotatable bonds is 6. The molecule has 8 nitrogen and oxygen atoms in total. The number of aromatic hydroxyl groups is 1. The first-order valence-electron chi connectivity index (χ1n) is 8.03. The van der Waals surface area contributed by atoms with Crippen LogP contribution in [-0.4, -0.2) is 41.9 Å². The number of hydrogen-bond donors (Lipinski definition) is 2. The Balaban J connectivity index is 2.99. The molecule has 144 valence electrons. The highest BCUT2D eigenvalue weighted by Crippen LogP contribution is 2.20. The van der Waals surface area contributed by atoms with E-state index in [0.717, 1.165) is 0 Å². The molecule has 1 aromatic carbocycles. The SMILES string of the molecule is COC(=O)C(Cc1ccc(O)cc1COC(C)=O)NC(=O)OC(C)(C)C. The summed E-state index contributed by atoms with van der Waals surface area (Å²) >= 11 is 0. The van der Waals surface area contributed by atoms with Crippen molar-refractivity contribution in [3.8, 4) is 5.75 Å². The molecule has 0 saturated carbocycles. The van der Waals surface area contributed by atoms with Gasteiger partial charge in [0.1, 0.15) is 24.0 Å². The maximum atomic E-state index is 12.0. The van der Waals surface area contributed by atoms with Crippen molar-refractivity contribution in [1.29, 1.82) is 0 Å². The molecule has 1 atom stereocenters. The Morgan fingerprint density at radius 3 is 2.38 bits per heavy atom. The van der Waals surface area contributed by atoms with Crippen LogP contribution in [0.2, 0.25) is 0 Å². The third kappa shape index (κ3) is 7.42. The average molecular weight is 367 g/mol. The number of amides is 1. The largest absolute Gasteiger partial charge is 0.508 e. The lowest BCUT2D eigenvalue weighted by Crippen LogP contribution is -2.45. The quantitative estimate of drug-likeness (QED) is 0.585. The lowest BCUT2D eigenvalue weighted by atomic mass is 10.00. The van der Waals surface area contributed by atoms with E-state index in [1.807, 2.05) is 0 Å². The first-order valence-corrected chi connectivity index (χ1v) is 8.03. The van der Waals surface area contributed by atoms with E-state index >= 15 is 0 Å². The molecule has 2 N–H and O–H groups in total. The molecule has 1 unspecified atom stereocenters. The zero-order chi connectivity index (χ0) is 19.9. The normalized spacial score (nSPS) is 12.0. The van der Waals surface area contributed by atoms with Gasteiger partial charge in [0.25, 0.3) is 0 Å². The third-order valence-corrected chi connectivity index (χ3v) is 3.22. The van der Waals surface area contributed by atoms with Crippen LogP contribution in [0.15, 0.2) is 18.2 Å². The molecule has 0 bridgehead atoms. The number of esters is 2. The minimum absolute atomic E-state index is 0.00868. The number of methoxy groups -OCH3 is 1. The van der Waals surface area contributed by atoms with Crippen LogP contribution in [0.3, 0.4) is 0 Å². The van der Waals surface area contributed by atoms with Gasteiger partial charge in [-0.2, -0.15) is 0 Å². The van der Waals surface area contributed by atoms with Gasteiger partial charge in [-0.05, 0) is 44.0 Å². The van der Waals surface area contributed by atoms with Crippen LogP contribution in [0.5, 0.6) is 5.75 Å². The van der Waals surface area contributed by atoms with E-state index in [1.54, 1.807) is 26.8 Å². The van der Waals surface area contributed by atoms with Crippen molar-refractivity contribution in [1.82, 2.24) is 5.32 Å². The van der Waals surface area contributed by atoms with E-state index in [9.17, 15) is 19.5 Å². The second kappa shape index (κ2) is 9.07. The van der Waals surface area contributed by atoms with E-state index in [2.05, 4.69) is 5.32 Å². The zero-order valence-electron chi connectivity index (χ0n) is 15.6. The van der Waals surface area contributed by atoms with Gasteiger partial charge >= 0.3 is 18.0 Å². The molecule has 0 aliphatic heterocycles. The number of hydrogen-bond acceptors (Lipinski definition) is 7. The first kappa shape index (κ1) is 21.3. The molecule has 0 saturated heterocycles. The molecule has 0 heterocycles. The Hall–Kier alpha value is -2.77. The molecule has 0 fully saturated rings. The standard InChI is InChI=1S/C18H25NO7/c1-11(20)25-10-13-8-14(21)7-6-12(13)9-15(16(22)24-5)19-17(23)26-18(2,3)4/h6-8,15,21H,9-10H2,1-5H3,(H,19,23). The lowest BCUT2D eigenvalue weighted by Gasteiger charge is -2.23. The minimum Gasteiger partial charge on any atom is -0.508 e. The fraction of sp³-hybridized carbons (Fsp3) is 0.500. The van der Waals surface area contributed by atoms with Gasteiger partial charge in [-0.25, -0.2) is 9.59 Å². The lowest BCUT2D eigenvalue weighted by molar-refractivity contribution is -0.143. The van der Waals surface area contributed by atoms with Gasteiger partial charge in [-0.15, -0.1) is 0 Å². The van der Waals surface area contributed by atoms with Crippen molar-refractivity contribution in [3.05, 3.63) is 29.3 Å². The zero-order valence-corrected chi connectivity index (χ0v) is 15.6. The molecule has 8 heteroatoms. The summed E-state index contributed by atoms with van der Waals surface area (Å²) in [5.41, 5.74) is 0.402. The summed E-state index contributed by atoms with van der Waals surface area (Å²) in [4.78, 5) is 35.1. The van der Waals surface area contributed by atoms with Gasteiger partial charge in [0.05, 0.1) is 7.11 Å². The summed E-state index contributed by atoms with van der Waals surface area (Å²) in [6, 6.07) is 3.45. The van der Waals surface area contributed by atoms with Crippen molar-refractivity contribution in [3.63, 3.8) is 0 Å². The van der Waals surface area contributed by atoms with Crippen molar-refractivity contribution < 1.29 is 33.7 Å². The van der Waals surface area contributed by atoms with Gasteiger partial charge in [0, 0.05) is 13.3 Å². The smallest absolute Gasteiger partial charge is 0.408 e.